The van der Waals surface area contributed by atoms with Gasteiger partial charge in [0.2, 0.25) is 0 Å². The molecule has 0 N–H and O–H groups in total. The van der Waals surface area contributed by atoms with Gasteiger partial charge in [-0.1, -0.05) is 0 Å². The van der Waals surface area contributed by atoms with E-state index in [2.05, 4.69) is 54.4 Å². The number of hydrogen-bond donors (Lipinski definition) is 0. The van der Waals surface area contributed by atoms with Crippen molar-refractivity contribution >= 4 is 14.4 Å². The average molecular weight is 451 g/mol. The molecule has 0 atom stereocenters. The topological polar surface area (TPSA) is 12.9 Å². The molecule has 0 aliphatic carbocycles. The summed E-state index contributed by atoms with van der Waals surface area (Å²) in [6.07, 6.45) is 1.87. The molecule has 0 saturated heterocycles. The second-order valence-electron chi connectivity index (χ2n) is 4.44. The molecule has 2 aromatic heterocycles. The summed E-state index contributed by atoms with van der Waals surface area (Å²) in [7, 11) is 0. The molecule has 0 amide bonds. The average Bonchev–Trinajstić information content (AvgIpc) is 2.77. The van der Waals surface area contributed by atoms with Gasteiger partial charge in [0.1, 0.15) is 0 Å². The third kappa shape index (κ3) is 2.52. The van der Waals surface area contributed by atoms with E-state index in [1.165, 1.54) is 24.0 Å². The van der Waals surface area contributed by atoms with Crippen molar-refractivity contribution in [1.82, 2.24) is 4.98 Å². The van der Waals surface area contributed by atoms with Gasteiger partial charge < -0.3 is 0 Å². The molecule has 3 heteroatoms. The standard InChI is InChI=1S/C16H12NS.Hg/c1-12-11-15(14-9-5-6-10-17-14)18-16(12)13-7-3-2-4-8-13;/h2-10H,1H3;. The third-order valence-electron chi connectivity index (χ3n) is 3.20. The minimum absolute atomic E-state index is 0.604. The predicted molar refractivity (Wildman–Crippen MR) is 77.4 cm³/mol. The van der Waals surface area contributed by atoms with Gasteiger partial charge in [0, 0.05) is 0 Å². The molecule has 1 nitrogen and oxygen atoms in total. The molecule has 0 unspecified atom stereocenters. The summed E-state index contributed by atoms with van der Waals surface area (Å²) >= 11 is 2.48. The number of benzene rings is 1. The summed E-state index contributed by atoms with van der Waals surface area (Å²) < 4.78 is 1.53. The monoisotopic (exact) mass is 452 g/mol. The first-order chi connectivity index (χ1) is 9.27. The van der Waals surface area contributed by atoms with Crippen LogP contribution in [-0.4, -0.2) is 4.98 Å². The van der Waals surface area contributed by atoms with Crippen molar-refractivity contribution < 1.29 is 26.1 Å². The van der Waals surface area contributed by atoms with Gasteiger partial charge in [-0.15, -0.1) is 0 Å². The van der Waals surface area contributed by atoms with Crippen LogP contribution in [0.4, 0.5) is 0 Å². The van der Waals surface area contributed by atoms with E-state index >= 15 is 0 Å². The van der Waals surface area contributed by atoms with Crippen molar-refractivity contribution in [3.8, 4) is 21.0 Å². The molecule has 0 spiro atoms. The molecule has 2 heterocycles. The van der Waals surface area contributed by atoms with Crippen LogP contribution < -0.4 is 3.07 Å². The Kier molecular flexibility index (Phi) is 3.80. The van der Waals surface area contributed by atoms with Crippen LogP contribution in [0.5, 0.6) is 0 Å². The van der Waals surface area contributed by atoms with Crippen LogP contribution in [0.25, 0.3) is 21.0 Å². The molecule has 0 aliphatic rings. The zero-order chi connectivity index (χ0) is 13.2. The van der Waals surface area contributed by atoms with Gasteiger partial charge in [0.15, 0.2) is 0 Å². The van der Waals surface area contributed by atoms with Gasteiger partial charge in [-0.2, -0.15) is 0 Å². The van der Waals surface area contributed by atoms with Crippen LogP contribution in [0.15, 0.2) is 54.7 Å². The second kappa shape index (κ2) is 5.55. The molecule has 3 aromatic rings. The number of rotatable bonds is 2. The van der Waals surface area contributed by atoms with Gasteiger partial charge in [0.25, 0.3) is 0 Å². The summed E-state index contributed by atoms with van der Waals surface area (Å²) in [6.45, 7) is 2.24. The van der Waals surface area contributed by atoms with E-state index in [0.29, 0.717) is 26.1 Å². The van der Waals surface area contributed by atoms with E-state index in [1.807, 2.05) is 23.6 Å². The number of pyridine rings is 1. The SMILES string of the molecule is Cc1c(-c2ccccc2)sc(-c2ccccn2)[c]1[Hg]. The Balaban J connectivity index is 2.16. The second-order valence-corrected chi connectivity index (χ2v) is 8.21. The number of hydrogen-bond acceptors (Lipinski definition) is 2. The third-order valence-corrected chi connectivity index (χ3v) is 9.04. The van der Waals surface area contributed by atoms with Crippen molar-refractivity contribution in [3.63, 3.8) is 0 Å². The Morgan fingerprint density at radius 1 is 0.947 bits per heavy atom. The minimum atomic E-state index is 0.604. The molecule has 0 bridgehead atoms. The first-order valence-corrected chi connectivity index (χ1v) is 9.76. The van der Waals surface area contributed by atoms with E-state index in [-0.39, 0.29) is 0 Å². The zero-order valence-corrected chi connectivity index (χ0v) is 17.1. The maximum atomic E-state index is 4.50. The first-order valence-electron chi connectivity index (χ1n) is 6.19. The molecular formula is C16H12HgNS. The summed E-state index contributed by atoms with van der Waals surface area (Å²) in [4.78, 5) is 7.26. The molecule has 0 saturated carbocycles. The van der Waals surface area contributed by atoms with Crippen LogP contribution in [-0.2, 0) is 26.1 Å². The predicted octanol–water partition coefficient (Wildman–Crippen LogP) is 3.96. The fourth-order valence-electron chi connectivity index (χ4n) is 2.12. The number of nitrogens with zero attached hydrogens (tertiary/aromatic N) is 1. The Bertz CT molecular complexity index is 630. The fourth-order valence-corrected chi connectivity index (χ4v) is 6.08. The Morgan fingerprint density at radius 2 is 1.68 bits per heavy atom. The van der Waals surface area contributed by atoms with Crippen molar-refractivity contribution in [1.29, 1.82) is 0 Å². The van der Waals surface area contributed by atoms with Gasteiger partial charge in [-0.05, 0) is 0 Å². The van der Waals surface area contributed by atoms with E-state index in [4.69, 9.17) is 0 Å². The van der Waals surface area contributed by atoms with Gasteiger partial charge in [0.05, 0.1) is 0 Å². The van der Waals surface area contributed by atoms with Crippen LogP contribution in [0, 0.1) is 6.92 Å². The molecule has 19 heavy (non-hydrogen) atoms. The van der Waals surface area contributed by atoms with E-state index < -0.39 is 0 Å². The molecular weight excluding hydrogens is 439 g/mol. The summed E-state index contributed by atoms with van der Waals surface area (Å²) in [5.41, 5.74) is 3.88. The van der Waals surface area contributed by atoms with Crippen LogP contribution in [0.1, 0.15) is 5.56 Å². The van der Waals surface area contributed by atoms with Crippen LogP contribution >= 0.6 is 11.3 Å². The quantitative estimate of drug-likeness (QED) is 0.539. The molecule has 0 aliphatic heterocycles. The number of thiophene rings is 1. The zero-order valence-electron chi connectivity index (χ0n) is 10.8. The van der Waals surface area contributed by atoms with Crippen LogP contribution in [0.3, 0.4) is 0 Å². The summed E-state index contributed by atoms with van der Waals surface area (Å²) in [5.74, 6) is 0. The summed E-state index contributed by atoms with van der Waals surface area (Å²) in [5, 5.41) is 0. The first kappa shape index (κ1) is 13.0. The maximum absolute atomic E-state index is 4.50. The van der Waals surface area contributed by atoms with Crippen molar-refractivity contribution in [3.05, 3.63) is 60.3 Å². The Hall–Kier alpha value is -0.995. The van der Waals surface area contributed by atoms with Crippen molar-refractivity contribution in [2.45, 2.75) is 6.92 Å². The molecule has 1 aromatic carbocycles. The fraction of sp³-hybridized carbons (Fsp3) is 0.0625. The Morgan fingerprint density at radius 3 is 2.37 bits per heavy atom. The molecule has 3 rings (SSSR count). The number of aromatic nitrogens is 1. The normalized spacial score (nSPS) is 10.7. The van der Waals surface area contributed by atoms with Gasteiger partial charge in [-0.3, -0.25) is 0 Å². The van der Waals surface area contributed by atoms with Gasteiger partial charge in [-0.25, -0.2) is 0 Å². The van der Waals surface area contributed by atoms with E-state index in [1.54, 1.807) is 0 Å². The van der Waals surface area contributed by atoms with Gasteiger partial charge >= 0.3 is 134 Å². The van der Waals surface area contributed by atoms with E-state index in [9.17, 15) is 0 Å². The van der Waals surface area contributed by atoms with Crippen LogP contribution in [0.2, 0.25) is 0 Å². The molecule has 0 radical (unpaired) electrons. The summed E-state index contributed by atoms with van der Waals surface area (Å²) in [6, 6.07) is 16.8. The molecule has 89 valence electrons. The van der Waals surface area contributed by atoms with Crippen molar-refractivity contribution in [2.75, 3.05) is 0 Å². The molecule has 0 fully saturated rings. The van der Waals surface area contributed by atoms with Crippen molar-refractivity contribution in [2.24, 2.45) is 0 Å². The Labute approximate surface area is 133 Å². The van der Waals surface area contributed by atoms with E-state index in [0.717, 1.165) is 5.69 Å².